The fourth-order valence-electron chi connectivity index (χ4n) is 7.34. The molecule has 1 N–H and O–H groups in total. The molecule has 2 saturated carbocycles. The average Bonchev–Trinajstić information content (AvgIpc) is 2.70. The summed E-state index contributed by atoms with van der Waals surface area (Å²) in [5, 5.41) is 4.00. The second-order valence-corrected chi connectivity index (χ2v) is 13.1. The predicted molar refractivity (Wildman–Crippen MR) is 108 cm³/mol. The van der Waals surface area contributed by atoms with Crippen LogP contribution in [0.1, 0.15) is 77.6 Å². The standard InChI is InChI=1S/C21H40N2O2Si/c1-21(19-12-6-4-9-17(19)14-15-22-21)26(24-2,25-3)23-16-8-11-18-10-5-7-13-20(18)23/h17-20,22H,4-16H2,1-3H3. The molecule has 2 aliphatic carbocycles. The van der Waals surface area contributed by atoms with E-state index < -0.39 is 8.72 Å². The van der Waals surface area contributed by atoms with Crippen LogP contribution in [-0.2, 0) is 8.85 Å². The Morgan fingerprint density at radius 3 is 2.27 bits per heavy atom. The lowest BCUT2D eigenvalue weighted by Crippen LogP contribution is -2.82. The molecule has 0 amide bonds. The first kappa shape index (κ1) is 19.4. The first-order valence-electron chi connectivity index (χ1n) is 11.3. The molecule has 2 aliphatic heterocycles. The highest BCUT2D eigenvalue weighted by atomic mass is 28.4. The lowest BCUT2D eigenvalue weighted by atomic mass is 9.71. The average molecular weight is 381 g/mol. The van der Waals surface area contributed by atoms with Crippen molar-refractivity contribution in [1.29, 1.82) is 0 Å². The van der Waals surface area contributed by atoms with Gasteiger partial charge in [0.05, 0.1) is 5.16 Å². The molecule has 26 heavy (non-hydrogen) atoms. The van der Waals surface area contributed by atoms with Crippen molar-refractivity contribution in [1.82, 2.24) is 9.88 Å². The number of piperidine rings is 2. The fraction of sp³-hybridized carbons (Fsp3) is 1.00. The summed E-state index contributed by atoms with van der Waals surface area (Å²) in [6, 6.07) is 0.687. The molecule has 0 aromatic heterocycles. The van der Waals surface area contributed by atoms with Crippen LogP contribution in [0.5, 0.6) is 0 Å². The lowest BCUT2D eigenvalue weighted by Gasteiger charge is -2.60. The molecule has 0 bridgehead atoms. The Hall–Kier alpha value is 0.0569. The quantitative estimate of drug-likeness (QED) is 0.748. The molecule has 150 valence electrons. The maximum absolute atomic E-state index is 6.55. The summed E-state index contributed by atoms with van der Waals surface area (Å²) in [5.41, 5.74) is 0. The van der Waals surface area contributed by atoms with Crippen molar-refractivity contribution in [3.05, 3.63) is 0 Å². The fourth-order valence-corrected chi connectivity index (χ4v) is 11.8. The Morgan fingerprint density at radius 1 is 0.846 bits per heavy atom. The number of fused-ring (bicyclic) bond motifs is 2. The van der Waals surface area contributed by atoms with Crippen molar-refractivity contribution in [2.24, 2.45) is 17.8 Å². The van der Waals surface area contributed by atoms with E-state index in [0.717, 1.165) is 18.4 Å². The molecule has 0 radical (unpaired) electrons. The minimum absolute atomic E-state index is 0.000820. The zero-order chi connectivity index (χ0) is 18.2. The van der Waals surface area contributed by atoms with Crippen molar-refractivity contribution < 1.29 is 8.85 Å². The van der Waals surface area contributed by atoms with Gasteiger partial charge in [0.15, 0.2) is 0 Å². The molecular formula is C21H40N2O2Si. The van der Waals surface area contributed by atoms with Gasteiger partial charge < -0.3 is 14.2 Å². The van der Waals surface area contributed by atoms with Crippen molar-refractivity contribution in [3.63, 3.8) is 0 Å². The van der Waals surface area contributed by atoms with Gasteiger partial charge in [-0.1, -0.05) is 32.1 Å². The van der Waals surface area contributed by atoms with Crippen LogP contribution >= 0.6 is 0 Å². The van der Waals surface area contributed by atoms with Gasteiger partial charge in [-0.05, 0) is 76.3 Å². The van der Waals surface area contributed by atoms with Gasteiger partial charge in [-0.25, -0.2) is 0 Å². The third-order valence-electron chi connectivity index (χ3n) is 8.49. The molecule has 0 aromatic rings. The van der Waals surface area contributed by atoms with E-state index in [9.17, 15) is 0 Å². The van der Waals surface area contributed by atoms with Crippen molar-refractivity contribution >= 4 is 8.72 Å². The van der Waals surface area contributed by atoms with E-state index >= 15 is 0 Å². The Labute approximate surface area is 161 Å². The van der Waals surface area contributed by atoms with Crippen LogP contribution in [0.25, 0.3) is 0 Å². The number of nitrogens with one attached hydrogen (secondary N) is 1. The lowest BCUT2D eigenvalue weighted by molar-refractivity contribution is 0.00803. The van der Waals surface area contributed by atoms with Crippen molar-refractivity contribution in [3.8, 4) is 0 Å². The zero-order valence-corrected chi connectivity index (χ0v) is 18.3. The van der Waals surface area contributed by atoms with Crippen LogP contribution in [0.4, 0.5) is 0 Å². The molecule has 4 rings (SSSR count). The van der Waals surface area contributed by atoms with E-state index in [1.54, 1.807) is 0 Å². The third-order valence-corrected chi connectivity index (χ3v) is 12.8. The summed E-state index contributed by atoms with van der Waals surface area (Å²) < 4.78 is 15.9. The second kappa shape index (κ2) is 7.82. The van der Waals surface area contributed by atoms with Crippen molar-refractivity contribution in [2.75, 3.05) is 27.3 Å². The summed E-state index contributed by atoms with van der Waals surface area (Å²) in [6.45, 7) is 4.77. The minimum atomic E-state index is -2.56. The number of rotatable bonds is 4. The van der Waals surface area contributed by atoms with Gasteiger partial charge in [-0.15, -0.1) is 0 Å². The van der Waals surface area contributed by atoms with E-state index in [4.69, 9.17) is 8.85 Å². The highest BCUT2D eigenvalue weighted by molar-refractivity contribution is 6.68. The van der Waals surface area contributed by atoms with E-state index in [1.165, 1.54) is 77.2 Å². The van der Waals surface area contributed by atoms with Gasteiger partial charge in [0, 0.05) is 20.3 Å². The molecule has 0 spiro atoms. The van der Waals surface area contributed by atoms with E-state index in [1.807, 2.05) is 14.2 Å². The summed E-state index contributed by atoms with van der Waals surface area (Å²) in [5.74, 6) is 2.43. The Kier molecular flexibility index (Phi) is 5.83. The zero-order valence-electron chi connectivity index (χ0n) is 17.3. The maximum Gasteiger partial charge on any atom is 0.448 e. The molecule has 4 nitrogen and oxygen atoms in total. The van der Waals surface area contributed by atoms with Crippen LogP contribution in [0.15, 0.2) is 0 Å². The van der Waals surface area contributed by atoms with Crippen LogP contribution in [-0.4, -0.2) is 51.8 Å². The highest BCUT2D eigenvalue weighted by Gasteiger charge is 2.66. The topological polar surface area (TPSA) is 33.7 Å². The summed E-state index contributed by atoms with van der Waals surface area (Å²) in [6.07, 6.45) is 15.2. The van der Waals surface area contributed by atoms with Gasteiger partial charge in [-0.3, -0.25) is 4.57 Å². The normalized spacial score (nSPS) is 42.1. The summed E-state index contributed by atoms with van der Waals surface area (Å²) >= 11 is 0. The molecule has 5 heteroatoms. The molecule has 4 fully saturated rings. The molecule has 0 aromatic carbocycles. The second-order valence-electron chi connectivity index (χ2n) is 9.51. The van der Waals surface area contributed by atoms with Crippen LogP contribution in [0.3, 0.4) is 0 Å². The Balaban J connectivity index is 1.70. The third kappa shape index (κ3) is 2.93. The van der Waals surface area contributed by atoms with Crippen LogP contribution < -0.4 is 5.32 Å². The van der Waals surface area contributed by atoms with Gasteiger partial charge in [0.2, 0.25) is 0 Å². The molecular weight excluding hydrogens is 340 g/mol. The van der Waals surface area contributed by atoms with Gasteiger partial charge in [0.25, 0.3) is 0 Å². The SMILES string of the molecule is CO[Si](OC)(N1CCCC2CCCCC21)C1(C)NCCC2CCCCC21. The first-order valence-corrected chi connectivity index (χ1v) is 13.0. The van der Waals surface area contributed by atoms with Gasteiger partial charge in [0.1, 0.15) is 0 Å². The number of hydrogen-bond acceptors (Lipinski definition) is 4. The predicted octanol–water partition coefficient (Wildman–Crippen LogP) is 3.97. The summed E-state index contributed by atoms with van der Waals surface area (Å²) in [7, 11) is 1.33. The van der Waals surface area contributed by atoms with Gasteiger partial charge >= 0.3 is 8.72 Å². The first-order chi connectivity index (χ1) is 12.7. The number of nitrogens with zero attached hydrogens (tertiary/aromatic N) is 1. The Bertz CT molecular complexity index is 483. The van der Waals surface area contributed by atoms with E-state index in [-0.39, 0.29) is 5.16 Å². The highest BCUT2D eigenvalue weighted by Crippen LogP contribution is 2.49. The summed E-state index contributed by atoms with van der Waals surface area (Å²) in [4.78, 5) is 0. The number of hydrogen-bond donors (Lipinski definition) is 1. The van der Waals surface area contributed by atoms with Crippen LogP contribution in [0, 0.1) is 17.8 Å². The molecule has 2 saturated heterocycles. The molecule has 5 unspecified atom stereocenters. The largest absolute Gasteiger partial charge is 0.448 e. The molecule has 5 atom stereocenters. The van der Waals surface area contributed by atoms with Gasteiger partial charge in [-0.2, -0.15) is 0 Å². The Morgan fingerprint density at radius 2 is 1.50 bits per heavy atom. The minimum Gasteiger partial charge on any atom is -0.385 e. The van der Waals surface area contributed by atoms with E-state index in [0.29, 0.717) is 12.0 Å². The molecule has 4 aliphatic rings. The molecule has 2 heterocycles. The van der Waals surface area contributed by atoms with Crippen molar-refractivity contribution in [2.45, 2.75) is 88.8 Å². The smallest absolute Gasteiger partial charge is 0.385 e. The monoisotopic (exact) mass is 380 g/mol. The van der Waals surface area contributed by atoms with E-state index in [2.05, 4.69) is 16.8 Å². The maximum atomic E-state index is 6.55. The van der Waals surface area contributed by atoms with Crippen LogP contribution in [0.2, 0.25) is 0 Å².